The number of carbonyl (C=O) groups excluding carboxylic acids is 2. The van der Waals surface area contributed by atoms with E-state index < -0.39 is 0 Å². The first kappa shape index (κ1) is 14.0. The summed E-state index contributed by atoms with van der Waals surface area (Å²) in [6.07, 6.45) is 4.37. The highest BCUT2D eigenvalue weighted by molar-refractivity contribution is 5.92. The van der Waals surface area contributed by atoms with E-state index in [1.165, 1.54) is 0 Å². The first-order valence-electron chi connectivity index (χ1n) is 6.58. The molecule has 6 heteroatoms. The van der Waals surface area contributed by atoms with E-state index in [4.69, 9.17) is 4.74 Å². The average molecular weight is 275 g/mol. The summed E-state index contributed by atoms with van der Waals surface area (Å²) in [5.41, 5.74) is 1.09. The third kappa shape index (κ3) is 3.57. The Kier molecular flexibility index (Phi) is 4.70. The van der Waals surface area contributed by atoms with Crippen LogP contribution in [0.4, 0.5) is 0 Å². The van der Waals surface area contributed by atoms with E-state index >= 15 is 0 Å². The van der Waals surface area contributed by atoms with Crippen LogP contribution < -0.4 is 5.32 Å². The van der Waals surface area contributed by atoms with Crippen molar-refractivity contribution in [1.82, 2.24) is 14.7 Å². The average Bonchev–Trinajstić information content (AvgIpc) is 2.87. The number of fused-ring (bicyclic) bond motifs is 1. The quantitative estimate of drug-likeness (QED) is 0.639. The number of amides is 1. The zero-order valence-corrected chi connectivity index (χ0v) is 11.3. The van der Waals surface area contributed by atoms with Crippen LogP contribution in [0.25, 0.3) is 5.65 Å². The maximum absolute atomic E-state index is 11.9. The number of esters is 1. The number of hydrogen-bond acceptors (Lipinski definition) is 4. The zero-order valence-electron chi connectivity index (χ0n) is 11.3. The van der Waals surface area contributed by atoms with E-state index in [0.29, 0.717) is 31.7 Å². The third-order valence-electron chi connectivity index (χ3n) is 2.75. The van der Waals surface area contributed by atoms with Crippen LogP contribution in [0.15, 0.2) is 30.6 Å². The number of pyridine rings is 1. The fourth-order valence-corrected chi connectivity index (χ4v) is 1.80. The Hall–Kier alpha value is -2.37. The Labute approximate surface area is 116 Å². The molecular weight excluding hydrogens is 258 g/mol. The van der Waals surface area contributed by atoms with Crippen LogP contribution in [0.3, 0.4) is 0 Å². The second-order valence-corrected chi connectivity index (χ2v) is 4.26. The summed E-state index contributed by atoms with van der Waals surface area (Å²) in [6.45, 7) is 2.57. The van der Waals surface area contributed by atoms with Gasteiger partial charge in [-0.2, -0.15) is 0 Å². The van der Waals surface area contributed by atoms with E-state index in [9.17, 15) is 9.59 Å². The Balaban J connectivity index is 1.81. The number of rotatable bonds is 6. The molecule has 2 rings (SSSR count). The molecule has 2 aromatic heterocycles. The molecule has 0 unspecified atom stereocenters. The standard InChI is InChI=1S/C14H17N3O3/c1-2-20-13(18)7-5-8-15-14(19)11-10-17-9-4-3-6-12(17)16-11/h3-4,6,9-10H,2,5,7-8H2,1H3,(H,15,19). The van der Waals surface area contributed by atoms with E-state index in [-0.39, 0.29) is 11.9 Å². The minimum atomic E-state index is -0.241. The van der Waals surface area contributed by atoms with Gasteiger partial charge in [0, 0.05) is 25.4 Å². The van der Waals surface area contributed by atoms with Crippen molar-refractivity contribution in [2.75, 3.05) is 13.2 Å². The Morgan fingerprint density at radius 2 is 2.25 bits per heavy atom. The Bertz CT molecular complexity index is 573. The van der Waals surface area contributed by atoms with Crippen molar-refractivity contribution in [3.8, 4) is 0 Å². The van der Waals surface area contributed by atoms with Gasteiger partial charge in [-0.15, -0.1) is 0 Å². The van der Waals surface area contributed by atoms with Crippen molar-refractivity contribution in [3.05, 3.63) is 36.3 Å². The maximum Gasteiger partial charge on any atom is 0.305 e. The van der Waals surface area contributed by atoms with Crippen LogP contribution >= 0.6 is 0 Å². The summed E-state index contributed by atoms with van der Waals surface area (Å²) in [7, 11) is 0. The van der Waals surface area contributed by atoms with Crippen LogP contribution in [-0.2, 0) is 9.53 Å². The summed E-state index contributed by atoms with van der Waals surface area (Å²) in [6, 6.07) is 5.57. The van der Waals surface area contributed by atoms with E-state index in [0.717, 1.165) is 5.65 Å². The topological polar surface area (TPSA) is 72.7 Å². The fraction of sp³-hybridized carbons (Fsp3) is 0.357. The lowest BCUT2D eigenvalue weighted by molar-refractivity contribution is -0.143. The smallest absolute Gasteiger partial charge is 0.305 e. The second-order valence-electron chi connectivity index (χ2n) is 4.26. The van der Waals surface area contributed by atoms with Crippen LogP contribution in [-0.4, -0.2) is 34.4 Å². The van der Waals surface area contributed by atoms with Crippen molar-refractivity contribution in [2.45, 2.75) is 19.8 Å². The zero-order chi connectivity index (χ0) is 14.4. The highest BCUT2D eigenvalue weighted by Gasteiger charge is 2.10. The fourth-order valence-electron chi connectivity index (χ4n) is 1.80. The molecule has 0 fully saturated rings. The molecule has 0 aliphatic carbocycles. The van der Waals surface area contributed by atoms with Gasteiger partial charge in [-0.05, 0) is 25.5 Å². The van der Waals surface area contributed by atoms with Crippen molar-refractivity contribution >= 4 is 17.5 Å². The van der Waals surface area contributed by atoms with Crippen LogP contribution in [0.1, 0.15) is 30.3 Å². The first-order valence-corrected chi connectivity index (χ1v) is 6.58. The third-order valence-corrected chi connectivity index (χ3v) is 2.75. The van der Waals surface area contributed by atoms with Gasteiger partial charge in [0.15, 0.2) is 0 Å². The van der Waals surface area contributed by atoms with Crippen LogP contribution in [0, 0.1) is 0 Å². The van der Waals surface area contributed by atoms with Crippen molar-refractivity contribution < 1.29 is 14.3 Å². The molecular formula is C14H17N3O3. The van der Waals surface area contributed by atoms with Gasteiger partial charge in [0.25, 0.3) is 5.91 Å². The van der Waals surface area contributed by atoms with Crippen LogP contribution in [0.5, 0.6) is 0 Å². The second kappa shape index (κ2) is 6.70. The molecule has 0 radical (unpaired) electrons. The molecule has 0 spiro atoms. The highest BCUT2D eigenvalue weighted by Crippen LogP contribution is 2.04. The normalized spacial score (nSPS) is 10.4. The lowest BCUT2D eigenvalue weighted by atomic mass is 10.3. The highest BCUT2D eigenvalue weighted by atomic mass is 16.5. The molecule has 0 bridgehead atoms. The Morgan fingerprint density at radius 3 is 3.00 bits per heavy atom. The number of hydrogen-bond donors (Lipinski definition) is 1. The van der Waals surface area contributed by atoms with Gasteiger partial charge in [0.05, 0.1) is 6.61 Å². The lowest BCUT2D eigenvalue weighted by Gasteiger charge is -2.03. The molecule has 1 N–H and O–H groups in total. The molecule has 6 nitrogen and oxygen atoms in total. The number of nitrogens with one attached hydrogen (secondary N) is 1. The van der Waals surface area contributed by atoms with Gasteiger partial charge >= 0.3 is 5.97 Å². The number of imidazole rings is 1. The largest absolute Gasteiger partial charge is 0.466 e. The minimum absolute atomic E-state index is 0.238. The van der Waals surface area contributed by atoms with Crippen LogP contribution in [0.2, 0.25) is 0 Å². The number of aromatic nitrogens is 2. The molecule has 0 saturated carbocycles. The lowest BCUT2D eigenvalue weighted by Crippen LogP contribution is -2.25. The number of nitrogens with zero attached hydrogens (tertiary/aromatic N) is 2. The van der Waals surface area contributed by atoms with Crippen molar-refractivity contribution in [3.63, 3.8) is 0 Å². The van der Waals surface area contributed by atoms with Gasteiger partial charge in [-0.25, -0.2) is 4.98 Å². The first-order chi connectivity index (χ1) is 9.70. The predicted molar refractivity (Wildman–Crippen MR) is 73.4 cm³/mol. The van der Waals surface area contributed by atoms with E-state index in [1.807, 2.05) is 24.4 Å². The van der Waals surface area contributed by atoms with Crippen molar-refractivity contribution in [2.24, 2.45) is 0 Å². The minimum Gasteiger partial charge on any atom is -0.466 e. The molecule has 20 heavy (non-hydrogen) atoms. The summed E-state index contributed by atoms with van der Waals surface area (Å²) in [5, 5.41) is 2.73. The van der Waals surface area contributed by atoms with Gasteiger partial charge in [-0.1, -0.05) is 6.07 Å². The molecule has 0 aliphatic heterocycles. The van der Waals surface area contributed by atoms with E-state index in [1.54, 1.807) is 17.5 Å². The van der Waals surface area contributed by atoms with Gasteiger partial charge < -0.3 is 14.5 Å². The molecule has 2 heterocycles. The SMILES string of the molecule is CCOC(=O)CCCNC(=O)c1cn2ccccc2n1. The number of carbonyl (C=O) groups is 2. The molecule has 0 saturated heterocycles. The summed E-state index contributed by atoms with van der Waals surface area (Å²) >= 11 is 0. The summed E-state index contributed by atoms with van der Waals surface area (Å²) in [5.74, 6) is -0.480. The Morgan fingerprint density at radius 1 is 1.40 bits per heavy atom. The van der Waals surface area contributed by atoms with Gasteiger partial charge in [0.2, 0.25) is 0 Å². The molecule has 2 aromatic rings. The number of ether oxygens (including phenoxy) is 1. The van der Waals surface area contributed by atoms with Crippen molar-refractivity contribution in [1.29, 1.82) is 0 Å². The molecule has 0 aromatic carbocycles. The van der Waals surface area contributed by atoms with E-state index in [2.05, 4.69) is 10.3 Å². The summed E-state index contributed by atoms with van der Waals surface area (Å²) in [4.78, 5) is 27.2. The molecule has 106 valence electrons. The molecule has 1 amide bonds. The molecule has 0 aliphatic rings. The monoisotopic (exact) mass is 275 g/mol. The summed E-state index contributed by atoms with van der Waals surface area (Å²) < 4.78 is 6.59. The van der Waals surface area contributed by atoms with Gasteiger partial charge in [0.1, 0.15) is 11.3 Å². The maximum atomic E-state index is 11.9. The molecule has 0 atom stereocenters. The van der Waals surface area contributed by atoms with Gasteiger partial charge in [-0.3, -0.25) is 9.59 Å². The predicted octanol–water partition coefficient (Wildman–Crippen LogP) is 1.41.